The van der Waals surface area contributed by atoms with Crippen molar-refractivity contribution < 1.29 is 0 Å². The van der Waals surface area contributed by atoms with Crippen LogP contribution in [0.2, 0.25) is 0 Å². The SMILES string of the molecule is Cc1cc(Br)cc(N2CCCNC(CC(C)C)C2)c1. The van der Waals surface area contributed by atoms with E-state index < -0.39 is 0 Å². The molecule has 0 bridgehead atoms. The topological polar surface area (TPSA) is 15.3 Å². The third-order valence-electron chi connectivity index (χ3n) is 3.63. The number of hydrogen-bond acceptors (Lipinski definition) is 2. The smallest absolute Gasteiger partial charge is 0.0380 e. The van der Waals surface area contributed by atoms with E-state index in [-0.39, 0.29) is 0 Å². The predicted octanol–water partition coefficient (Wildman–Crippen LogP) is 3.97. The lowest BCUT2D eigenvalue weighted by atomic mass is 10.0. The summed E-state index contributed by atoms with van der Waals surface area (Å²) in [4.78, 5) is 2.53. The second kappa shape index (κ2) is 6.76. The molecular weight excluding hydrogens is 300 g/mol. The van der Waals surface area contributed by atoms with Crippen LogP contribution >= 0.6 is 15.9 Å². The van der Waals surface area contributed by atoms with Gasteiger partial charge in [-0.15, -0.1) is 0 Å². The van der Waals surface area contributed by atoms with E-state index in [2.05, 4.69) is 65.1 Å². The minimum Gasteiger partial charge on any atom is -0.370 e. The summed E-state index contributed by atoms with van der Waals surface area (Å²) < 4.78 is 1.18. The lowest BCUT2D eigenvalue weighted by Gasteiger charge is -2.28. The van der Waals surface area contributed by atoms with Crippen LogP contribution in [0.15, 0.2) is 22.7 Å². The molecule has 106 valence electrons. The molecule has 1 unspecified atom stereocenters. The number of hydrogen-bond donors (Lipinski definition) is 1. The van der Waals surface area contributed by atoms with Crippen LogP contribution in [0.5, 0.6) is 0 Å². The van der Waals surface area contributed by atoms with Crippen LogP contribution in [0.25, 0.3) is 0 Å². The lowest BCUT2D eigenvalue weighted by Crippen LogP contribution is -2.38. The third kappa shape index (κ3) is 4.50. The number of nitrogens with zero attached hydrogens (tertiary/aromatic N) is 1. The van der Waals surface area contributed by atoms with E-state index in [1.165, 1.54) is 28.6 Å². The van der Waals surface area contributed by atoms with E-state index in [4.69, 9.17) is 0 Å². The minimum atomic E-state index is 0.613. The predicted molar refractivity (Wildman–Crippen MR) is 87.0 cm³/mol. The van der Waals surface area contributed by atoms with Gasteiger partial charge in [0.25, 0.3) is 0 Å². The molecule has 3 heteroatoms. The number of halogens is 1. The molecule has 0 aliphatic carbocycles. The Morgan fingerprint density at radius 1 is 1.37 bits per heavy atom. The summed E-state index contributed by atoms with van der Waals surface area (Å²) in [6.45, 7) is 10.2. The zero-order valence-electron chi connectivity index (χ0n) is 12.2. The quantitative estimate of drug-likeness (QED) is 0.904. The highest BCUT2D eigenvalue weighted by molar-refractivity contribution is 9.10. The maximum Gasteiger partial charge on any atom is 0.0380 e. The van der Waals surface area contributed by atoms with Gasteiger partial charge in [-0.3, -0.25) is 0 Å². The second-order valence-corrected chi connectivity index (χ2v) is 6.98. The normalized spacial score (nSPS) is 20.7. The van der Waals surface area contributed by atoms with Crippen molar-refractivity contribution in [3.05, 3.63) is 28.2 Å². The minimum absolute atomic E-state index is 0.613. The van der Waals surface area contributed by atoms with Gasteiger partial charge in [-0.25, -0.2) is 0 Å². The number of benzene rings is 1. The number of rotatable bonds is 3. The van der Waals surface area contributed by atoms with Crippen molar-refractivity contribution in [1.29, 1.82) is 0 Å². The van der Waals surface area contributed by atoms with Crippen LogP contribution in [-0.2, 0) is 0 Å². The fourth-order valence-electron chi connectivity index (χ4n) is 2.86. The molecule has 1 aliphatic heterocycles. The maximum absolute atomic E-state index is 3.69. The first kappa shape index (κ1) is 14.9. The van der Waals surface area contributed by atoms with Crippen LogP contribution in [-0.4, -0.2) is 25.7 Å². The van der Waals surface area contributed by atoms with Crippen LogP contribution in [0.4, 0.5) is 5.69 Å². The second-order valence-electron chi connectivity index (χ2n) is 6.07. The summed E-state index contributed by atoms with van der Waals surface area (Å²) in [6, 6.07) is 7.32. The van der Waals surface area contributed by atoms with Gasteiger partial charge < -0.3 is 10.2 Å². The van der Waals surface area contributed by atoms with Crippen molar-refractivity contribution in [3.8, 4) is 0 Å². The molecule has 0 aromatic heterocycles. The Hall–Kier alpha value is -0.540. The first-order valence-electron chi connectivity index (χ1n) is 7.30. The van der Waals surface area contributed by atoms with Crippen LogP contribution in [0.1, 0.15) is 32.3 Å². The standard InChI is InChI=1S/C16H25BrN2/c1-12(2)7-15-11-19(6-4-5-18-15)16-9-13(3)8-14(17)10-16/h8-10,12,15,18H,4-7,11H2,1-3H3. The van der Waals surface area contributed by atoms with Gasteiger partial charge in [0.1, 0.15) is 0 Å². The molecule has 1 heterocycles. The molecule has 19 heavy (non-hydrogen) atoms. The van der Waals surface area contributed by atoms with E-state index in [0.29, 0.717) is 6.04 Å². The van der Waals surface area contributed by atoms with Crippen molar-refractivity contribution >= 4 is 21.6 Å². The molecule has 0 amide bonds. The van der Waals surface area contributed by atoms with Gasteiger partial charge in [-0.1, -0.05) is 29.8 Å². The molecule has 1 aliphatic rings. The summed E-state index contributed by atoms with van der Waals surface area (Å²) in [5.74, 6) is 0.752. The Bertz CT molecular complexity index is 397. The number of aryl methyl sites for hydroxylation is 1. The zero-order chi connectivity index (χ0) is 13.8. The summed E-state index contributed by atoms with van der Waals surface area (Å²) in [6.07, 6.45) is 2.48. The van der Waals surface area contributed by atoms with Gasteiger partial charge in [0.15, 0.2) is 0 Å². The average Bonchev–Trinajstić information content (AvgIpc) is 2.52. The maximum atomic E-state index is 3.69. The van der Waals surface area contributed by atoms with Crippen molar-refractivity contribution in [2.24, 2.45) is 5.92 Å². The van der Waals surface area contributed by atoms with Crippen molar-refractivity contribution in [3.63, 3.8) is 0 Å². The van der Waals surface area contributed by atoms with Gasteiger partial charge in [0.2, 0.25) is 0 Å². The third-order valence-corrected chi connectivity index (χ3v) is 4.08. The van der Waals surface area contributed by atoms with Crippen molar-refractivity contribution in [2.75, 3.05) is 24.5 Å². The molecule has 1 saturated heterocycles. The largest absolute Gasteiger partial charge is 0.370 e. The van der Waals surface area contributed by atoms with Crippen LogP contribution in [0.3, 0.4) is 0 Å². The van der Waals surface area contributed by atoms with E-state index in [9.17, 15) is 0 Å². The first-order chi connectivity index (χ1) is 9.04. The molecule has 1 fully saturated rings. The Kier molecular flexibility index (Phi) is 5.28. The van der Waals surface area contributed by atoms with E-state index in [1.807, 2.05) is 0 Å². The highest BCUT2D eigenvalue weighted by Crippen LogP contribution is 2.24. The van der Waals surface area contributed by atoms with Crippen LogP contribution < -0.4 is 10.2 Å². The summed E-state index contributed by atoms with van der Waals surface area (Å²) >= 11 is 3.61. The first-order valence-corrected chi connectivity index (χ1v) is 8.09. The summed E-state index contributed by atoms with van der Waals surface area (Å²) in [5.41, 5.74) is 2.67. The van der Waals surface area contributed by atoms with Crippen molar-refractivity contribution in [2.45, 2.75) is 39.7 Å². The fraction of sp³-hybridized carbons (Fsp3) is 0.625. The zero-order valence-corrected chi connectivity index (χ0v) is 13.8. The van der Waals surface area contributed by atoms with E-state index >= 15 is 0 Å². The van der Waals surface area contributed by atoms with Gasteiger partial charge in [-0.2, -0.15) is 0 Å². The monoisotopic (exact) mass is 324 g/mol. The molecule has 1 aromatic rings. The van der Waals surface area contributed by atoms with E-state index in [1.54, 1.807) is 0 Å². The van der Waals surface area contributed by atoms with Gasteiger partial charge >= 0.3 is 0 Å². The highest BCUT2D eigenvalue weighted by atomic mass is 79.9. The Morgan fingerprint density at radius 2 is 2.16 bits per heavy atom. The van der Waals surface area contributed by atoms with Gasteiger partial charge in [0, 0.05) is 29.3 Å². The average molecular weight is 325 g/mol. The Balaban J connectivity index is 2.12. The van der Waals surface area contributed by atoms with Crippen LogP contribution in [0, 0.1) is 12.8 Å². The summed E-state index contributed by atoms with van der Waals surface area (Å²) in [7, 11) is 0. The molecule has 0 spiro atoms. The molecule has 0 radical (unpaired) electrons. The highest BCUT2D eigenvalue weighted by Gasteiger charge is 2.19. The fourth-order valence-corrected chi connectivity index (χ4v) is 3.45. The van der Waals surface area contributed by atoms with Crippen molar-refractivity contribution in [1.82, 2.24) is 5.32 Å². The number of nitrogens with one attached hydrogen (secondary N) is 1. The molecule has 1 aromatic carbocycles. The molecule has 0 saturated carbocycles. The number of anilines is 1. The molecular formula is C16H25BrN2. The molecule has 1 atom stereocenters. The molecule has 2 rings (SSSR count). The molecule has 2 nitrogen and oxygen atoms in total. The molecule has 1 N–H and O–H groups in total. The lowest BCUT2D eigenvalue weighted by molar-refractivity contribution is 0.436. The van der Waals surface area contributed by atoms with Gasteiger partial charge in [-0.05, 0) is 56.0 Å². The van der Waals surface area contributed by atoms with E-state index in [0.717, 1.165) is 25.6 Å². The Morgan fingerprint density at radius 3 is 2.84 bits per heavy atom. The summed E-state index contributed by atoms with van der Waals surface area (Å²) in [5, 5.41) is 3.69. The Labute approximate surface area is 125 Å². The van der Waals surface area contributed by atoms with Gasteiger partial charge in [0.05, 0.1) is 0 Å².